The van der Waals surface area contributed by atoms with Crippen molar-refractivity contribution in [2.24, 2.45) is 0 Å². The second kappa shape index (κ2) is 7.03. The average molecular weight is 417 g/mol. The van der Waals surface area contributed by atoms with Crippen molar-refractivity contribution in [1.29, 1.82) is 0 Å². The maximum absolute atomic E-state index is 12.9. The first-order valence-electron chi connectivity index (χ1n) is 8.66. The van der Waals surface area contributed by atoms with E-state index in [1.54, 1.807) is 0 Å². The smallest absolute Gasteiger partial charge is 0.283 e. The molecule has 2 aliphatic heterocycles. The zero-order valence-corrected chi connectivity index (χ0v) is 15.8. The molecule has 0 aromatic heterocycles. The SMILES string of the molecule is O=C1c2cccc([N+](=O)[O-])c2C(=O)N1c1cccc(S(=O)(=O)N2CCOCC2)c1. The van der Waals surface area contributed by atoms with Crippen molar-refractivity contribution in [3.05, 3.63) is 63.7 Å². The molecule has 2 aromatic rings. The van der Waals surface area contributed by atoms with E-state index in [2.05, 4.69) is 0 Å². The van der Waals surface area contributed by atoms with Gasteiger partial charge in [0.05, 0.1) is 34.3 Å². The van der Waals surface area contributed by atoms with Crippen molar-refractivity contribution in [2.75, 3.05) is 31.2 Å². The van der Waals surface area contributed by atoms with Crippen molar-refractivity contribution in [3.8, 4) is 0 Å². The number of nitro benzene ring substituents is 1. The Morgan fingerprint density at radius 2 is 1.69 bits per heavy atom. The molecule has 0 atom stereocenters. The van der Waals surface area contributed by atoms with E-state index in [1.807, 2.05) is 0 Å². The van der Waals surface area contributed by atoms with E-state index in [4.69, 9.17) is 4.74 Å². The Labute approximate surface area is 165 Å². The van der Waals surface area contributed by atoms with Crippen LogP contribution in [-0.2, 0) is 14.8 Å². The van der Waals surface area contributed by atoms with Gasteiger partial charge in [-0.3, -0.25) is 19.7 Å². The molecular formula is C18H15N3O7S. The van der Waals surface area contributed by atoms with E-state index in [-0.39, 0.29) is 48.0 Å². The van der Waals surface area contributed by atoms with Crippen molar-refractivity contribution in [1.82, 2.24) is 4.31 Å². The summed E-state index contributed by atoms with van der Waals surface area (Å²) >= 11 is 0. The molecule has 0 radical (unpaired) electrons. The lowest BCUT2D eigenvalue weighted by atomic mass is 10.1. The number of imide groups is 1. The second-order valence-corrected chi connectivity index (χ2v) is 8.35. The molecule has 2 amide bonds. The molecule has 11 heteroatoms. The number of carbonyl (C=O) groups is 2. The van der Waals surface area contributed by atoms with Crippen LogP contribution in [0.2, 0.25) is 0 Å². The molecule has 4 rings (SSSR count). The van der Waals surface area contributed by atoms with Crippen molar-refractivity contribution in [3.63, 3.8) is 0 Å². The molecule has 1 fully saturated rings. The van der Waals surface area contributed by atoms with Gasteiger partial charge in [-0.25, -0.2) is 13.3 Å². The number of sulfonamides is 1. The van der Waals surface area contributed by atoms with Crippen LogP contribution < -0.4 is 4.90 Å². The van der Waals surface area contributed by atoms with Gasteiger partial charge in [0.15, 0.2) is 0 Å². The molecule has 2 aliphatic rings. The van der Waals surface area contributed by atoms with Gasteiger partial charge >= 0.3 is 0 Å². The van der Waals surface area contributed by atoms with Gasteiger partial charge in [-0.15, -0.1) is 0 Å². The summed E-state index contributed by atoms with van der Waals surface area (Å²) in [4.78, 5) is 36.8. The maximum Gasteiger partial charge on any atom is 0.283 e. The van der Waals surface area contributed by atoms with Crippen molar-refractivity contribution < 1.29 is 27.7 Å². The van der Waals surface area contributed by atoms with Crippen LogP contribution in [0.4, 0.5) is 11.4 Å². The van der Waals surface area contributed by atoms with Gasteiger partial charge in [0.1, 0.15) is 5.56 Å². The summed E-state index contributed by atoms with van der Waals surface area (Å²) < 4.78 is 32.2. The average Bonchev–Trinajstić information content (AvgIpc) is 2.99. The van der Waals surface area contributed by atoms with Crippen molar-refractivity contribution >= 4 is 33.2 Å². The zero-order valence-electron chi connectivity index (χ0n) is 15.0. The van der Waals surface area contributed by atoms with E-state index in [1.165, 1.54) is 40.7 Å². The zero-order chi connectivity index (χ0) is 20.8. The lowest BCUT2D eigenvalue weighted by Gasteiger charge is -2.26. The number of hydrogen-bond acceptors (Lipinski definition) is 7. The van der Waals surface area contributed by atoms with Gasteiger partial charge in [-0.1, -0.05) is 12.1 Å². The number of benzene rings is 2. The normalized spacial score (nSPS) is 17.4. The lowest BCUT2D eigenvalue weighted by Crippen LogP contribution is -2.40. The van der Waals surface area contributed by atoms with E-state index in [0.29, 0.717) is 0 Å². The van der Waals surface area contributed by atoms with Gasteiger partial charge < -0.3 is 4.74 Å². The van der Waals surface area contributed by atoms with Crippen LogP contribution in [0.25, 0.3) is 0 Å². The summed E-state index contributed by atoms with van der Waals surface area (Å²) in [5.74, 6) is -1.60. The van der Waals surface area contributed by atoms with Crippen LogP contribution in [0.1, 0.15) is 20.7 Å². The summed E-state index contributed by atoms with van der Waals surface area (Å²) in [6.07, 6.45) is 0. The number of carbonyl (C=O) groups excluding carboxylic acids is 2. The number of nitro groups is 1. The summed E-state index contributed by atoms with van der Waals surface area (Å²) in [7, 11) is -3.84. The van der Waals surface area contributed by atoms with Crippen LogP contribution in [0.3, 0.4) is 0 Å². The molecule has 29 heavy (non-hydrogen) atoms. The Kier molecular flexibility index (Phi) is 4.65. The second-order valence-electron chi connectivity index (χ2n) is 6.42. The highest BCUT2D eigenvalue weighted by atomic mass is 32.2. The standard InChI is InChI=1S/C18H15N3O7S/c22-17-14-5-2-6-15(21(24)25)16(14)18(23)20(17)12-3-1-4-13(11-12)29(26,27)19-7-9-28-10-8-19/h1-6,11H,7-10H2. The van der Waals surface area contributed by atoms with Gasteiger partial charge in [0.2, 0.25) is 10.0 Å². The van der Waals surface area contributed by atoms with Crippen LogP contribution >= 0.6 is 0 Å². The summed E-state index contributed by atoms with van der Waals surface area (Å²) in [5.41, 5.74) is -0.838. The van der Waals surface area contributed by atoms with E-state index >= 15 is 0 Å². The Balaban J connectivity index is 1.74. The molecule has 10 nitrogen and oxygen atoms in total. The van der Waals surface area contributed by atoms with Gasteiger partial charge in [-0.2, -0.15) is 4.31 Å². The molecule has 150 valence electrons. The Hall–Kier alpha value is -3.15. The Bertz CT molecular complexity index is 1140. The first-order chi connectivity index (χ1) is 13.8. The number of fused-ring (bicyclic) bond motifs is 1. The van der Waals surface area contributed by atoms with Crippen LogP contribution in [0.5, 0.6) is 0 Å². The number of rotatable bonds is 4. The quantitative estimate of drug-likeness (QED) is 0.418. The number of hydrogen-bond donors (Lipinski definition) is 0. The number of anilines is 1. The molecule has 2 heterocycles. The fourth-order valence-corrected chi connectivity index (χ4v) is 4.82. The van der Waals surface area contributed by atoms with E-state index in [9.17, 15) is 28.1 Å². The molecular weight excluding hydrogens is 402 g/mol. The predicted octanol–water partition coefficient (Wildman–Crippen LogP) is 1.42. The highest BCUT2D eigenvalue weighted by Gasteiger charge is 2.42. The molecule has 2 aromatic carbocycles. The number of morpholine rings is 1. The van der Waals surface area contributed by atoms with E-state index in [0.717, 1.165) is 11.0 Å². The molecule has 0 saturated carbocycles. The highest BCUT2D eigenvalue weighted by molar-refractivity contribution is 7.89. The summed E-state index contributed by atoms with van der Waals surface area (Å²) in [6.45, 7) is 0.958. The largest absolute Gasteiger partial charge is 0.379 e. The lowest BCUT2D eigenvalue weighted by molar-refractivity contribution is -0.385. The first kappa shape index (κ1) is 19.2. The number of nitrogens with zero attached hydrogens (tertiary/aromatic N) is 3. The third-order valence-corrected chi connectivity index (χ3v) is 6.67. The fraction of sp³-hybridized carbons (Fsp3) is 0.222. The minimum Gasteiger partial charge on any atom is -0.379 e. The predicted molar refractivity (Wildman–Crippen MR) is 100 cm³/mol. The van der Waals surface area contributed by atoms with Crippen molar-refractivity contribution in [2.45, 2.75) is 4.90 Å². The third-order valence-electron chi connectivity index (χ3n) is 4.77. The molecule has 1 saturated heterocycles. The monoisotopic (exact) mass is 417 g/mol. The fourth-order valence-electron chi connectivity index (χ4n) is 3.37. The minimum atomic E-state index is -3.84. The van der Waals surface area contributed by atoms with Crippen LogP contribution in [0.15, 0.2) is 47.4 Å². The van der Waals surface area contributed by atoms with E-state index < -0.39 is 32.4 Å². The topological polar surface area (TPSA) is 127 Å². The molecule has 0 bridgehead atoms. The van der Waals surface area contributed by atoms with Gasteiger partial charge in [-0.05, 0) is 24.3 Å². The van der Waals surface area contributed by atoms with Crippen LogP contribution in [0, 0.1) is 10.1 Å². The highest BCUT2D eigenvalue weighted by Crippen LogP contribution is 2.34. The van der Waals surface area contributed by atoms with Gasteiger partial charge in [0.25, 0.3) is 17.5 Å². The molecule has 0 unspecified atom stereocenters. The third kappa shape index (κ3) is 3.09. The molecule has 0 N–H and O–H groups in total. The molecule has 0 aliphatic carbocycles. The first-order valence-corrected chi connectivity index (χ1v) is 10.1. The summed E-state index contributed by atoms with van der Waals surface area (Å²) in [5, 5.41) is 11.2. The number of ether oxygens (including phenoxy) is 1. The Morgan fingerprint density at radius 3 is 2.38 bits per heavy atom. The van der Waals surface area contributed by atoms with Crippen LogP contribution in [-0.4, -0.2) is 55.8 Å². The summed E-state index contributed by atoms with van der Waals surface area (Å²) in [6, 6.07) is 9.22. The minimum absolute atomic E-state index is 0.0276. The molecule has 0 spiro atoms. The Morgan fingerprint density at radius 1 is 1.00 bits per heavy atom. The number of amides is 2. The maximum atomic E-state index is 12.9. The van der Waals surface area contributed by atoms with Gasteiger partial charge in [0, 0.05) is 19.2 Å².